The number of halogens is 1. The zero-order chi connectivity index (χ0) is 29.5. The van der Waals surface area contributed by atoms with E-state index in [9.17, 15) is 4.79 Å². The Balaban J connectivity index is 1.56. The van der Waals surface area contributed by atoms with Gasteiger partial charge in [-0.05, 0) is 62.8 Å². The number of benzene rings is 3. The maximum Gasteiger partial charge on any atom is 0.343 e. The van der Waals surface area contributed by atoms with Gasteiger partial charge >= 0.3 is 5.97 Å². The van der Waals surface area contributed by atoms with Crippen LogP contribution in [0.15, 0.2) is 48.5 Å². The van der Waals surface area contributed by atoms with Crippen molar-refractivity contribution in [1.82, 2.24) is 10.6 Å². The average Bonchev–Trinajstić information content (AvgIpc) is 2.92. The molecule has 216 valence electrons. The maximum atomic E-state index is 13.4. The summed E-state index contributed by atoms with van der Waals surface area (Å²) >= 11 is 12.3. The molecule has 2 aliphatic heterocycles. The van der Waals surface area contributed by atoms with E-state index in [1.165, 1.54) is 21.3 Å². The molecule has 0 amide bonds. The number of thiocarbonyl (C=S) groups is 1. The number of methoxy groups -OCH3 is 3. The molecular formula is C31H33ClN2O6S. The van der Waals surface area contributed by atoms with Gasteiger partial charge in [-0.1, -0.05) is 35.9 Å². The highest BCUT2D eigenvalue weighted by Gasteiger charge is 2.49. The number of rotatable bonds is 6. The lowest BCUT2D eigenvalue weighted by Crippen LogP contribution is -2.69. The number of hydrogen-bond donors (Lipinski definition) is 2. The summed E-state index contributed by atoms with van der Waals surface area (Å²) in [7, 11) is 4.48. The van der Waals surface area contributed by atoms with Crippen LogP contribution in [0.5, 0.6) is 28.7 Å². The van der Waals surface area contributed by atoms with Gasteiger partial charge in [-0.15, -0.1) is 0 Å². The summed E-state index contributed by atoms with van der Waals surface area (Å²) in [5, 5.41) is 7.93. The van der Waals surface area contributed by atoms with Crippen LogP contribution in [0.3, 0.4) is 0 Å². The second-order valence-electron chi connectivity index (χ2n) is 10.9. The summed E-state index contributed by atoms with van der Waals surface area (Å²) in [6.07, 6.45) is 1.24. The lowest BCUT2D eigenvalue weighted by atomic mass is 9.76. The van der Waals surface area contributed by atoms with Crippen molar-refractivity contribution in [3.63, 3.8) is 0 Å². The highest BCUT2D eigenvalue weighted by molar-refractivity contribution is 7.80. The van der Waals surface area contributed by atoms with E-state index in [4.69, 9.17) is 47.5 Å². The van der Waals surface area contributed by atoms with Crippen LogP contribution in [0.25, 0.3) is 0 Å². The van der Waals surface area contributed by atoms with E-state index < -0.39 is 11.7 Å². The van der Waals surface area contributed by atoms with Gasteiger partial charge in [-0.25, -0.2) is 4.79 Å². The Morgan fingerprint density at radius 3 is 2.27 bits per heavy atom. The minimum absolute atomic E-state index is 0.0878. The number of fused-ring (bicyclic) bond motifs is 1. The molecule has 1 saturated heterocycles. The molecular weight excluding hydrogens is 564 g/mol. The van der Waals surface area contributed by atoms with Crippen LogP contribution in [0.1, 0.15) is 59.7 Å². The third kappa shape index (κ3) is 5.48. The monoisotopic (exact) mass is 596 g/mol. The van der Waals surface area contributed by atoms with Crippen LogP contribution in [-0.4, -0.2) is 43.7 Å². The molecule has 2 aliphatic rings. The van der Waals surface area contributed by atoms with Crippen LogP contribution in [0.4, 0.5) is 0 Å². The van der Waals surface area contributed by atoms with Crippen molar-refractivity contribution >= 4 is 34.9 Å². The molecule has 0 saturated carbocycles. The Morgan fingerprint density at radius 1 is 0.976 bits per heavy atom. The molecule has 0 aromatic heterocycles. The van der Waals surface area contributed by atoms with Crippen LogP contribution in [-0.2, 0) is 0 Å². The van der Waals surface area contributed by atoms with Crippen molar-refractivity contribution in [2.45, 2.75) is 50.8 Å². The first kappa shape index (κ1) is 28.8. The fraction of sp³-hybridized carbons (Fsp3) is 0.355. The van der Waals surface area contributed by atoms with Crippen molar-refractivity contribution in [2.75, 3.05) is 21.3 Å². The van der Waals surface area contributed by atoms with Crippen molar-refractivity contribution in [2.24, 2.45) is 0 Å². The molecule has 0 unspecified atom stereocenters. The molecule has 2 N–H and O–H groups in total. The number of carbonyl (C=O) groups is 1. The van der Waals surface area contributed by atoms with Crippen molar-refractivity contribution in [1.29, 1.82) is 0 Å². The summed E-state index contributed by atoms with van der Waals surface area (Å²) in [5.41, 5.74) is 1.77. The smallest absolute Gasteiger partial charge is 0.343 e. The van der Waals surface area contributed by atoms with Gasteiger partial charge in [-0.2, -0.15) is 0 Å². The molecule has 8 nitrogen and oxygen atoms in total. The quantitative estimate of drug-likeness (QED) is 0.198. The van der Waals surface area contributed by atoms with Crippen molar-refractivity contribution in [3.05, 3.63) is 75.8 Å². The standard InChI is InChI=1S/C31H33ClN2O6S/c1-17-23(39-28(35)18-13-24(36-4)27(38-6)25(14-18)37-5)12-11-20-21(19-9-7-8-10-22(19)32)15-31(40-26(17)20)16-30(2,3)33-29(41)34-31/h7-14,21H,15-16H2,1-6H3,(H2,33,34,41)/t21-,31-/m0/s1. The molecule has 1 fully saturated rings. The SMILES string of the molecule is COc1cc(C(=O)Oc2ccc3c(c2C)O[C@@]2(C[C@H]3c3ccccc3Cl)CC(C)(C)NC(=S)N2)cc(OC)c1OC. The number of carbonyl (C=O) groups excluding carboxylic acids is 1. The summed E-state index contributed by atoms with van der Waals surface area (Å²) in [5.74, 6) is 1.42. The fourth-order valence-electron chi connectivity index (χ4n) is 5.82. The number of esters is 1. The molecule has 0 bridgehead atoms. The minimum Gasteiger partial charge on any atom is -0.493 e. The molecule has 0 aliphatic carbocycles. The highest BCUT2D eigenvalue weighted by atomic mass is 35.5. The van der Waals surface area contributed by atoms with Crippen LogP contribution in [0, 0.1) is 6.92 Å². The second kappa shape index (κ2) is 10.9. The van der Waals surface area contributed by atoms with Crippen LogP contribution >= 0.6 is 23.8 Å². The topological polar surface area (TPSA) is 87.3 Å². The predicted octanol–water partition coefficient (Wildman–Crippen LogP) is 6.15. The van der Waals surface area contributed by atoms with E-state index in [2.05, 4.69) is 24.5 Å². The van der Waals surface area contributed by atoms with Crippen molar-refractivity contribution < 1.29 is 28.5 Å². The second-order valence-corrected chi connectivity index (χ2v) is 11.7. The molecule has 2 atom stereocenters. The van der Waals surface area contributed by atoms with Gasteiger partial charge in [0.05, 0.1) is 26.9 Å². The largest absolute Gasteiger partial charge is 0.493 e. The first-order valence-corrected chi connectivity index (χ1v) is 14.0. The summed E-state index contributed by atoms with van der Waals surface area (Å²) in [6, 6.07) is 14.7. The fourth-order valence-corrected chi connectivity index (χ4v) is 6.55. The zero-order valence-corrected chi connectivity index (χ0v) is 25.4. The van der Waals surface area contributed by atoms with Crippen LogP contribution < -0.4 is 34.3 Å². The maximum absolute atomic E-state index is 13.4. The average molecular weight is 597 g/mol. The van der Waals surface area contributed by atoms with E-state index in [0.717, 1.165) is 11.1 Å². The van der Waals surface area contributed by atoms with Gasteiger partial charge < -0.3 is 34.3 Å². The predicted molar refractivity (Wildman–Crippen MR) is 161 cm³/mol. The lowest BCUT2D eigenvalue weighted by molar-refractivity contribution is -0.0134. The van der Waals surface area contributed by atoms with E-state index >= 15 is 0 Å². The van der Waals surface area contributed by atoms with Gasteiger partial charge in [-0.3, -0.25) is 0 Å². The Hall–Kier alpha value is -3.69. The normalized spacial score (nSPS) is 20.7. The molecule has 0 radical (unpaired) electrons. The Labute approximate surface area is 250 Å². The zero-order valence-electron chi connectivity index (χ0n) is 23.8. The Morgan fingerprint density at radius 2 is 1.66 bits per heavy atom. The summed E-state index contributed by atoms with van der Waals surface area (Å²) in [4.78, 5) is 13.4. The lowest BCUT2D eigenvalue weighted by Gasteiger charge is -2.51. The molecule has 5 rings (SSSR count). The molecule has 2 heterocycles. The van der Waals surface area contributed by atoms with Crippen molar-refractivity contribution in [3.8, 4) is 28.7 Å². The van der Waals surface area contributed by atoms with Gasteiger partial charge in [0.15, 0.2) is 22.3 Å². The molecule has 3 aromatic rings. The van der Waals surface area contributed by atoms with E-state index in [-0.39, 0.29) is 17.0 Å². The third-order valence-corrected chi connectivity index (χ3v) is 8.05. The van der Waals surface area contributed by atoms with Gasteiger partial charge in [0, 0.05) is 40.4 Å². The first-order valence-electron chi connectivity index (χ1n) is 13.2. The molecule has 41 heavy (non-hydrogen) atoms. The third-order valence-electron chi connectivity index (χ3n) is 7.50. The molecule has 1 spiro atoms. The van der Waals surface area contributed by atoms with Gasteiger partial charge in [0.2, 0.25) is 5.75 Å². The molecule has 10 heteroatoms. The van der Waals surface area contributed by atoms with E-state index in [1.54, 1.807) is 18.2 Å². The minimum atomic E-state index is -0.799. The molecule has 3 aromatic carbocycles. The summed E-state index contributed by atoms with van der Waals surface area (Å²) < 4.78 is 28.9. The number of ether oxygens (including phenoxy) is 5. The van der Waals surface area contributed by atoms with Gasteiger partial charge in [0.25, 0.3) is 0 Å². The Bertz CT molecular complexity index is 1500. The summed E-state index contributed by atoms with van der Waals surface area (Å²) in [6.45, 7) is 6.06. The Kier molecular flexibility index (Phi) is 7.70. The first-order chi connectivity index (χ1) is 19.5. The van der Waals surface area contributed by atoms with E-state index in [0.29, 0.717) is 57.3 Å². The highest BCUT2D eigenvalue weighted by Crippen LogP contribution is 2.51. The van der Waals surface area contributed by atoms with Gasteiger partial charge in [0.1, 0.15) is 11.5 Å². The van der Waals surface area contributed by atoms with E-state index in [1.807, 2.05) is 37.3 Å². The number of nitrogens with one attached hydrogen (secondary N) is 2. The van der Waals surface area contributed by atoms with Crippen LogP contribution in [0.2, 0.25) is 5.02 Å². The number of hydrogen-bond acceptors (Lipinski definition) is 7.